The average molecular weight is 489 g/mol. The maximum atomic E-state index is 13.1. The topological polar surface area (TPSA) is 97.7 Å². The standard InChI is InChI=1S/C22H31F3N4O5/c23-22(24,25)15-2-1-3-16(12-15)27-4-6-28(7-5-27)19-17(34-18(14-30)20(19)31)13-26-21(32)29-8-10-33-11-9-29/h1-3,12,17-20,30-31H,4-11,13-14H2,(H,26,32)/t17-,18+,19-,20-/m1/s1. The molecule has 0 aromatic heterocycles. The second-order valence-electron chi connectivity index (χ2n) is 8.73. The van der Waals surface area contributed by atoms with Crippen molar-refractivity contribution in [3.05, 3.63) is 29.8 Å². The zero-order valence-corrected chi connectivity index (χ0v) is 18.8. The van der Waals surface area contributed by atoms with Crippen LogP contribution in [0.25, 0.3) is 0 Å². The van der Waals surface area contributed by atoms with Gasteiger partial charge in [-0.1, -0.05) is 6.07 Å². The second-order valence-corrected chi connectivity index (χ2v) is 8.73. The highest BCUT2D eigenvalue weighted by atomic mass is 19.4. The number of alkyl halides is 3. The van der Waals surface area contributed by atoms with Crippen molar-refractivity contribution in [1.29, 1.82) is 0 Å². The minimum Gasteiger partial charge on any atom is -0.394 e. The first-order chi connectivity index (χ1) is 16.3. The highest BCUT2D eigenvalue weighted by molar-refractivity contribution is 5.74. The van der Waals surface area contributed by atoms with Gasteiger partial charge in [0.25, 0.3) is 0 Å². The summed E-state index contributed by atoms with van der Waals surface area (Å²) in [5, 5.41) is 23.3. The van der Waals surface area contributed by atoms with E-state index in [0.29, 0.717) is 58.2 Å². The fraction of sp³-hybridized carbons (Fsp3) is 0.682. The molecular formula is C22H31F3N4O5. The van der Waals surface area contributed by atoms with E-state index in [1.807, 2.05) is 9.80 Å². The molecule has 3 aliphatic rings. The Balaban J connectivity index is 1.37. The number of nitrogens with one attached hydrogen (secondary N) is 1. The zero-order valence-electron chi connectivity index (χ0n) is 18.8. The number of amides is 2. The van der Waals surface area contributed by atoms with Crippen molar-refractivity contribution in [3.8, 4) is 0 Å². The van der Waals surface area contributed by atoms with E-state index >= 15 is 0 Å². The molecule has 34 heavy (non-hydrogen) atoms. The SMILES string of the molecule is O=C(NC[C@H]1O[C@@H](CO)[C@@H](O)[C@@H]1N1CCN(c2cccc(C(F)(F)F)c2)CC1)N1CCOCC1. The van der Waals surface area contributed by atoms with Crippen molar-refractivity contribution in [3.63, 3.8) is 0 Å². The van der Waals surface area contributed by atoms with Crippen molar-refractivity contribution in [1.82, 2.24) is 15.1 Å². The zero-order chi connectivity index (χ0) is 24.3. The third-order valence-electron chi connectivity index (χ3n) is 6.67. The summed E-state index contributed by atoms with van der Waals surface area (Å²) >= 11 is 0. The molecule has 0 radical (unpaired) electrons. The molecule has 12 heteroatoms. The molecule has 0 saturated carbocycles. The van der Waals surface area contributed by atoms with Crippen LogP contribution in [-0.2, 0) is 15.7 Å². The lowest BCUT2D eigenvalue weighted by Gasteiger charge is -2.41. The molecule has 1 aromatic rings. The number of aliphatic hydroxyl groups is 2. The van der Waals surface area contributed by atoms with Gasteiger partial charge in [0.15, 0.2) is 0 Å². The van der Waals surface area contributed by atoms with Gasteiger partial charge in [-0.15, -0.1) is 0 Å². The van der Waals surface area contributed by atoms with Crippen LogP contribution in [0.3, 0.4) is 0 Å². The van der Waals surface area contributed by atoms with Crippen LogP contribution in [-0.4, -0.2) is 116 Å². The number of aliphatic hydroxyl groups excluding tert-OH is 2. The monoisotopic (exact) mass is 488 g/mol. The normalized spacial score (nSPS) is 28.9. The largest absolute Gasteiger partial charge is 0.416 e. The second kappa shape index (κ2) is 10.6. The molecule has 0 unspecified atom stereocenters. The van der Waals surface area contributed by atoms with E-state index in [1.54, 1.807) is 11.0 Å². The lowest BCUT2D eigenvalue weighted by atomic mass is 10.0. The lowest BCUT2D eigenvalue weighted by molar-refractivity contribution is -0.137. The Kier molecular flexibility index (Phi) is 7.83. The van der Waals surface area contributed by atoms with Crippen molar-refractivity contribution >= 4 is 11.7 Å². The third kappa shape index (κ3) is 5.57. The Bertz CT molecular complexity index is 831. The number of carbonyl (C=O) groups is 1. The molecule has 3 aliphatic heterocycles. The van der Waals surface area contributed by atoms with Crippen LogP contribution in [0.1, 0.15) is 5.56 Å². The van der Waals surface area contributed by atoms with Gasteiger partial charge in [-0.3, -0.25) is 4.90 Å². The molecule has 0 aliphatic carbocycles. The highest BCUT2D eigenvalue weighted by Gasteiger charge is 2.47. The fourth-order valence-electron chi connectivity index (χ4n) is 4.82. The Morgan fingerprint density at radius 3 is 2.44 bits per heavy atom. The van der Waals surface area contributed by atoms with Gasteiger partial charge in [0.1, 0.15) is 12.2 Å². The number of carbonyl (C=O) groups excluding carboxylic acids is 1. The molecule has 3 saturated heterocycles. The number of hydrogen-bond donors (Lipinski definition) is 3. The molecule has 4 rings (SSSR count). The Labute approximate surface area is 196 Å². The van der Waals surface area contributed by atoms with E-state index in [9.17, 15) is 28.2 Å². The number of anilines is 1. The molecule has 0 bridgehead atoms. The summed E-state index contributed by atoms with van der Waals surface area (Å²) in [5.41, 5.74) is -0.186. The highest BCUT2D eigenvalue weighted by Crippen LogP contribution is 2.32. The molecular weight excluding hydrogens is 457 g/mol. The van der Waals surface area contributed by atoms with Crippen LogP contribution >= 0.6 is 0 Å². The molecule has 190 valence electrons. The first kappa shape index (κ1) is 25.0. The van der Waals surface area contributed by atoms with Gasteiger partial charge in [-0.25, -0.2) is 4.79 Å². The smallest absolute Gasteiger partial charge is 0.394 e. The van der Waals surface area contributed by atoms with E-state index in [0.717, 1.165) is 12.1 Å². The number of morpholine rings is 1. The minimum absolute atomic E-state index is 0.169. The number of piperazine rings is 1. The number of urea groups is 1. The summed E-state index contributed by atoms with van der Waals surface area (Å²) < 4.78 is 50.3. The van der Waals surface area contributed by atoms with Gasteiger partial charge >= 0.3 is 12.2 Å². The van der Waals surface area contributed by atoms with Crippen LogP contribution in [0.15, 0.2) is 24.3 Å². The third-order valence-corrected chi connectivity index (χ3v) is 6.67. The van der Waals surface area contributed by atoms with Crippen LogP contribution in [0.2, 0.25) is 0 Å². The Morgan fingerprint density at radius 2 is 1.79 bits per heavy atom. The van der Waals surface area contributed by atoms with Crippen molar-refractivity contribution in [2.24, 2.45) is 0 Å². The molecule has 3 fully saturated rings. The van der Waals surface area contributed by atoms with E-state index in [-0.39, 0.29) is 19.2 Å². The van der Waals surface area contributed by atoms with Gasteiger partial charge < -0.3 is 34.8 Å². The molecule has 4 atom stereocenters. The number of hydrogen-bond acceptors (Lipinski definition) is 7. The summed E-state index contributed by atoms with van der Waals surface area (Å²) in [6.45, 7) is 3.72. The lowest BCUT2D eigenvalue weighted by Crippen LogP contribution is -2.58. The van der Waals surface area contributed by atoms with E-state index < -0.39 is 36.1 Å². The Hall–Kier alpha value is -2.12. The predicted octanol–water partition coefficient (Wildman–Crippen LogP) is 0.358. The van der Waals surface area contributed by atoms with Crippen molar-refractivity contribution in [2.75, 3.05) is 70.5 Å². The molecule has 0 spiro atoms. The maximum Gasteiger partial charge on any atom is 0.416 e. The van der Waals surface area contributed by atoms with E-state index in [2.05, 4.69) is 5.32 Å². The number of nitrogens with zero attached hydrogens (tertiary/aromatic N) is 3. The van der Waals surface area contributed by atoms with Gasteiger partial charge in [0.05, 0.1) is 37.5 Å². The van der Waals surface area contributed by atoms with Crippen molar-refractivity contribution < 1.29 is 37.7 Å². The summed E-state index contributed by atoms with van der Waals surface area (Å²) in [4.78, 5) is 18.0. The van der Waals surface area contributed by atoms with Crippen LogP contribution in [0.4, 0.5) is 23.7 Å². The van der Waals surface area contributed by atoms with Gasteiger partial charge in [0, 0.05) is 51.5 Å². The minimum atomic E-state index is -4.40. The summed E-state index contributed by atoms with van der Waals surface area (Å²) in [6, 6.07) is 4.57. The molecule has 1 aromatic carbocycles. The van der Waals surface area contributed by atoms with Gasteiger partial charge in [-0.05, 0) is 18.2 Å². The fourth-order valence-corrected chi connectivity index (χ4v) is 4.82. The Morgan fingerprint density at radius 1 is 1.09 bits per heavy atom. The summed E-state index contributed by atoms with van der Waals surface area (Å²) in [5.74, 6) is 0. The van der Waals surface area contributed by atoms with Gasteiger partial charge in [-0.2, -0.15) is 13.2 Å². The number of ether oxygens (including phenoxy) is 2. The number of rotatable bonds is 5. The quantitative estimate of drug-likeness (QED) is 0.551. The average Bonchev–Trinajstić information content (AvgIpc) is 3.17. The first-order valence-electron chi connectivity index (χ1n) is 11.5. The van der Waals surface area contributed by atoms with E-state index in [4.69, 9.17) is 9.47 Å². The molecule has 3 heterocycles. The summed E-state index contributed by atoms with van der Waals surface area (Å²) in [7, 11) is 0. The van der Waals surface area contributed by atoms with E-state index in [1.165, 1.54) is 6.07 Å². The predicted molar refractivity (Wildman–Crippen MR) is 117 cm³/mol. The summed E-state index contributed by atoms with van der Waals surface area (Å²) in [6.07, 6.45) is -6.65. The number of benzene rings is 1. The van der Waals surface area contributed by atoms with Crippen LogP contribution < -0.4 is 10.2 Å². The molecule has 9 nitrogen and oxygen atoms in total. The van der Waals surface area contributed by atoms with Crippen LogP contribution in [0.5, 0.6) is 0 Å². The molecule has 2 amide bonds. The van der Waals surface area contributed by atoms with Gasteiger partial charge in [0.2, 0.25) is 0 Å². The van der Waals surface area contributed by atoms with Crippen LogP contribution in [0, 0.1) is 0 Å². The number of halogens is 3. The van der Waals surface area contributed by atoms with Crippen molar-refractivity contribution in [2.45, 2.75) is 30.5 Å². The first-order valence-corrected chi connectivity index (χ1v) is 11.5. The molecule has 3 N–H and O–H groups in total. The maximum absolute atomic E-state index is 13.1.